The van der Waals surface area contributed by atoms with Gasteiger partial charge in [0.25, 0.3) is 0 Å². The van der Waals surface area contributed by atoms with E-state index in [4.69, 9.17) is 5.73 Å². The molecule has 0 spiro atoms. The van der Waals surface area contributed by atoms with Crippen LogP contribution in [-0.4, -0.2) is 49.9 Å². The summed E-state index contributed by atoms with van der Waals surface area (Å²) in [5.41, 5.74) is 5.10. The number of fused-ring (bicyclic) bond motifs is 1. The first-order valence-electron chi connectivity index (χ1n) is 10.3. The topological polar surface area (TPSA) is 121 Å². The summed E-state index contributed by atoms with van der Waals surface area (Å²) < 4.78 is 42.2. The van der Waals surface area contributed by atoms with Gasteiger partial charge in [-0.15, -0.1) is 0 Å². The van der Waals surface area contributed by atoms with Crippen molar-refractivity contribution in [1.82, 2.24) is 19.5 Å². The van der Waals surface area contributed by atoms with Gasteiger partial charge in [-0.1, -0.05) is 6.07 Å². The van der Waals surface area contributed by atoms with Crippen LogP contribution in [0, 0.1) is 11.3 Å². The Morgan fingerprint density at radius 2 is 1.97 bits per heavy atom. The fraction of sp³-hybridized carbons (Fsp3) is 0.318. The Hall–Kier alpha value is -4.14. The first-order chi connectivity index (χ1) is 16.0. The number of carbonyl (C=O) groups is 2. The van der Waals surface area contributed by atoms with Gasteiger partial charge >= 0.3 is 6.18 Å². The number of alkyl halides is 3. The lowest BCUT2D eigenvalue weighted by Gasteiger charge is -2.43. The molecule has 0 saturated carbocycles. The number of anilines is 2. The van der Waals surface area contributed by atoms with Crippen LogP contribution in [0.2, 0.25) is 0 Å². The largest absolute Gasteiger partial charge is 0.418 e. The number of nitriles is 1. The Labute approximate surface area is 192 Å². The summed E-state index contributed by atoms with van der Waals surface area (Å²) in [6.07, 6.45) is -3.66. The molecule has 4 rings (SSSR count). The van der Waals surface area contributed by atoms with Crippen molar-refractivity contribution in [1.29, 1.82) is 5.26 Å². The Morgan fingerprint density at radius 1 is 1.26 bits per heavy atom. The number of hydrogen-bond donors (Lipinski definition) is 1. The summed E-state index contributed by atoms with van der Waals surface area (Å²) in [5.74, 6) is -0.983. The second-order valence-electron chi connectivity index (χ2n) is 8.10. The zero-order chi connectivity index (χ0) is 24.9. The normalized spacial score (nSPS) is 18.9. The molecule has 1 fully saturated rings. The van der Waals surface area contributed by atoms with Gasteiger partial charge in [0.1, 0.15) is 24.0 Å². The van der Waals surface area contributed by atoms with Gasteiger partial charge in [0.05, 0.1) is 28.6 Å². The summed E-state index contributed by atoms with van der Waals surface area (Å²) in [4.78, 5) is 31.6. The maximum atomic E-state index is 13.7. The van der Waals surface area contributed by atoms with Crippen molar-refractivity contribution >= 4 is 28.8 Å². The van der Waals surface area contributed by atoms with Crippen LogP contribution in [0.1, 0.15) is 31.9 Å². The first-order valence-corrected chi connectivity index (χ1v) is 10.3. The summed E-state index contributed by atoms with van der Waals surface area (Å²) >= 11 is 0. The van der Waals surface area contributed by atoms with Gasteiger partial charge in [0, 0.05) is 19.0 Å². The Balaban J connectivity index is 1.90. The molecule has 0 radical (unpaired) electrons. The zero-order valence-electron chi connectivity index (χ0n) is 18.5. The number of nitrogens with two attached hydrogens (primary N) is 1. The van der Waals surface area contributed by atoms with Crippen LogP contribution in [0.4, 0.5) is 24.7 Å². The van der Waals surface area contributed by atoms with Crippen molar-refractivity contribution in [3.05, 3.63) is 41.7 Å². The van der Waals surface area contributed by atoms with Crippen LogP contribution < -0.4 is 10.6 Å². The molecule has 0 bridgehead atoms. The minimum atomic E-state index is -4.71. The Bertz CT molecular complexity index is 1360. The Morgan fingerprint density at radius 3 is 2.59 bits per heavy atom. The highest BCUT2D eigenvalue weighted by atomic mass is 19.4. The van der Waals surface area contributed by atoms with Crippen molar-refractivity contribution in [3.8, 4) is 17.3 Å². The highest BCUT2D eigenvalue weighted by molar-refractivity contribution is 6.02. The van der Waals surface area contributed by atoms with E-state index in [1.165, 1.54) is 34.9 Å². The van der Waals surface area contributed by atoms with Crippen molar-refractivity contribution < 1.29 is 22.8 Å². The molecule has 1 aromatic carbocycles. The minimum Gasteiger partial charge on any atom is -0.382 e. The molecule has 9 nitrogen and oxygen atoms in total. The van der Waals surface area contributed by atoms with E-state index in [2.05, 4.69) is 10.1 Å². The fourth-order valence-corrected chi connectivity index (χ4v) is 4.31. The minimum absolute atomic E-state index is 0.0673. The van der Waals surface area contributed by atoms with Crippen LogP contribution in [0.3, 0.4) is 0 Å². The van der Waals surface area contributed by atoms with Crippen molar-refractivity contribution in [2.75, 3.05) is 17.2 Å². The molecule has 2 N–H and O–H groups in total. The fourth-order valence-electron chi connectivity index (χ4n) is 4.31. The number of nitrogens with zero attached hydrogens (tertiary/aromatic N) is 6. The van der Waals surface area contributed by atoms with Gasteiger partial charge in [-0.2, -0.15) is 23.5 Å². The maximum Gasteiger partial charge on any atom is 0.418 e. The van der Waals surface area contributed by atoms with E-state index in [1.807, 2.05) is 6.07 Å². The van der Waals surface area contributed by atoms with E-state index in [1.54, 1.807) is 13.8 Å². The second kappa shape index (κ2) is 8.02. The van der Waals surface area contributed by atoms with E-state index >= 15 is 0 Å². The van der Waals surface area contributed by atoms with Gasteiger partial charge < -0.3 is 15.5 Å². The third kappa shape index (κ3) is 3.59. The molecule has 1 saturated heterocycles. The molecule has 2 aromatic heterocycles. The molecule has 2 amide bonds. The standard InChI is InChI=1S/C22H20F3N7O2/c1-11-9-30(13(3)33)12(2)21(34)31(11)17-6-14(4-5-15(17)8-26)18-7-16(22(23,24)25)19-20(27)28-10-29-32(18)19/h4-7,10-12H,9H2,1-3H3,(H2,27,28,29). The Kier molecular flexibility index (Phi) is 5.43. The smallest absolute Gasteiger partial charge is 0.382 e. The van der Waals surface area contributed by atoms with Gasteiger partial charge in [-0.3, -0.25) is 9.59 Å². The first kappa shape index (κ1) is 23.0. The number of rotatable bonds is 2. The molecule has 2 atom stereocenters. The lowest BCUT2D eigenvalue weighted by molar-refractivity contribution is -0.140. The number of hydrogen-bond acceptors (Lipinski definition) is 6. The second-order valence-corrected chi connectivity index (χ2v) is 8.10. The molecule has 2 unspecified atom stereocenters. The van der Waals surface area contributed by atoms with Crippen molar-refractivity contribution in [2.45, 2.75) is 39.0 Å². The molecule has 176 valence electrons. The zero-order valence-corrected chi connectivity index (χ0v) is 18.5. The molecule has 3 heterocycles. The number of amides is 2. The van der Waals surface area contributed by atoms with Crippen LogP contribution >= 0.6 is 0 Å². The number of benzene rings is 1. The predicted molar refractivity (Wildman–Crippen MR) is 116 cm³/mol. The number of carbonyl (C=O) groups excluding carboxylic acids is 2. The number of halogens is 3. The molecule has 12 heteroatoms. The summed E-state index contributed by atoms with van der Waals surface area (Å²) in [6.45, 7) is 4.94. The number of aromatic nitrogens is 3. The van der Waals surface area contributed by atoms with Crippen LogP contribution in [0.25, 0.3) is 16.8 Å². The van der Waals surface area contributed by atoms with E-state index in [0.717, 1.165) is 16.9 Å². The van der Waals surface area contributed by atoms with Crippen LogP contribution in [0.15, 0.2) is 30.6 Å². The highest BCUT2D eigenvalue weighted by Crippen LogP contribution is 2.40. The molecule has 1 aliphatic heterocycles. The van der Waals surface area contributed by atoms with E-state index in [9.17, 15) is 28.0 Å². The molecule has 34 heavy (non-hydrogen) atoms. The highest BCUT2D eigenvalue weighted by Gasteiger charge is 2.40. The summed E-state index contributed by atoms with van der Waals surface area (Å²) in [7, 11) is 0. The third-order valence-corrected chi connectivity index (χ3v) is 5.93. The molecule has 0 aliphatic carbocycles. The summed E-state index contributed by atoms with van der Waals surface area (Å²) in [5, 5.41) is 13.6. The van der Waals surface area contributed by atoms with Crippen LogP contribution in [0.5, 0.6) is 0 Å². The van der Waals surface area contributed by atoms with Crippen molar-refractivity contribution in [3.63, 3.8) is 0 Å². The van der Waals surface area contributed by atoms with E-state index in [-0.39, 0.29) is 40.7 Å². The SMILES string of the molecule is CC(=O)N1CC(C)N(c2cc(-c3cc(C(F)(F)F)c4c(N)ncnn34)ccc2C#N)C(=O)C1C. The molecule has 3 aromatic rings. The maximum absolute atomic E-state index is 13.7. The van der Waals surface area contributed by atoms with E-state index < -0.39 is 29.7 Å². The molecule has 1 aliphatic rings. The average Bonchev–Trinajstić information content (AvgIpc) is 3.18. The quantitative estimate of drug-likeness (QED) is 0.614. The van der Waals surface area contributed by atoms with Crippen molar-refractivity contribution in [2.24, 2.45) is 0 Å². The van der Waals surface area contributed by atoms with Crippen LogP contribution in [-0.2, 0) is 15.8 Å². The monoisotopic (exact) mass is 471 g/mol. The predicted octanol–water partition coefficient (Wildman–Crippen LogP) is 2.84. The van der Waals surface area contributed by atoms with Gasteiger partial charge in [0.15, 0.2) is 5.82 Å². The third-order valence-electron chi connectivity index (χ3n) is 5.93. The van der Waals surface area contributed by atoms with Gasteiger partial charge in [0.2, 0.25) is 11.8 Å². The molecular formula is C22H20F3N7O2. The molecular weight excluding hydrogens is 451 g/mol. The lowest BCUT2D eigenvalue weighted by Crippen LogP contribution is -2.61. The van der Waals surface area contributed by atoms with E-state index in [0.29, 0.717) is 5.56 Å². The van der Waals surface area contributed by atoms with Gasteiger partial charge in [-0.05, 0) is 32.0 Å². The number of nitrogen functional groups attached to an aromatic ring is 1. The average molecular weight is 471 g/mol. The van der Waals surface area contributed by atoms with Gasteiger partial charge in [-0.25, -0.2) is 9.50 Å². The number of piperazine rings is 1. The lowest BCUT2D eigenvalue weighted by atomic mass is 10.0. The summed E-state index contributed by atoms with van der Waals surface area (Å²) in [6, 6.07) is 6.10.